The van der Waals surface area contributed by atoms with Crippen molar-refractivity contribution in [3.05, 3.63) is 52.0 Å². The fraction of sp³-hybridized carbons (Fsp3) is 0.286. The molecule has 5 nitrogen and oxygen atoms in total. The van der Waals surface area contributed by atoms with E-state index in [0.29, 0.717) is 17.5 Å². The van der Waals surface area contributed by atoms with E-state index in [1.54, 1.807) is 13.1 Å². The van der Waals surface area contributed by atoms with Crippen LogP contribution in [-0.2, 0) is 13.6 Å². The van der Waals surface area contributed by atoms with E-state index in [0.717, 1.165) is 0 Å². The second-order valence-corrected chi connectivity index (χ2v) is 4.26. The zero-order valence-corrected chi connectivity index (χ0v) is 11.0. The molecule has 0 unspecified atom stereocenters. The maximum Gasteiger partial charge on any atom is 0.345 e. The van der Waals surface area contributed by atoms with Crippen molar-refractivity contribution in [3.63, 3.8) is 0 Å². The number of benzene rings is 1. The molecule has 0 aliphatic rings. The van der Waals surface area contributed by atoms with Gasteiger partial charge in [0.2, 0.25) is 0 Å². The number of aliphatic hydroxyl groups is 1. The highest BCUT2D eigenvalue weighted by Gasteiger charge is 2.07. The van der Waals surface area contributed by atoms with E-state index in [-0.39, 0.29) is 18.8 Å². The summed E-state index contributed by atoms with van der Waals surface area (Å²) in [5.41, 5.74) is 0.956. The van der Waals surface area contributed by atoms with Crippen molar-refractivity contribution in [2.24, 2.45) is 7.05 Å². The number of aryl methyl sites for hydroxylation is 1. The van der Waals surface area contributed by atoms with Gasteiger partial charge < -0.3 is 5.11 Å². The molecule has 20 heavy (non-hydrogen) atoms. The van der Waals surface area contributed by atoms with Crippen molar-refractivity contribution in [1.29, 1.82) is 0 Å². The van der Waals surface area contributed by atoms with Crippen molar-refractivity contribution in [2.75, 3.05) is 6.61 Å². The van der Waals surface area contributed by atoms with E-state index >= 15 is 0 Å². The zero-order valence-electron chi connectivity index (χ0n) is 11.0. The van der Waals surface area contributed by atoms with E-state index in [1.165, 1.54) is 27.7 Å². The molecular formula is C14H14FN3O2. The van der Waals surface area contributed by atoms with Crippen LogP contribution in [0.4, 0.5) is 4.39 Å². The van der Waals surface area contributed by atoms with Gasteiger partial charge in [-0.05, 0) is 17.7 Å². The molecule has 1 aromatic carbocycles. The highest BCUT2D eigenvalue weighted by Crippen LogP contribution is 2.11. The Morgan fingerprint density at radius 1 is 1.45 bits per heavy atom. The molecule has 2 rings (SSSR count). The zero-order chi connectivity index (χ0) is 14.5. The molecule has 2 aromatic rings. The molecule has 0 spiro atoms. The first-order valence-electron chi connectivity index (χ1n) is 6.08. The lowest BCUT2D eigenvalue weighted by Crippen LogP contribution is -2.23. The van der Waals surface area contributed by atoms with Crippen molar-refractivity contribution in [1.82, 2.24) is 14.3 Å². The third kappa shape index (κ3) is 3.13. The highest BCUT2D eigenvalue weighted by molar-refractivity contribution is 5.41. The summed E-state index contributed by atoms with van der Waals surface area (Å²) < 4.78 is 15.9. The van der Waals surface area contributed by atoms with Gasteiger partial charge >= 0.3 is 5.69 Å². The lowest BCUT2D eigenvalue weighted by molar-refractivity contribution is 0.305. The number of halogens is 1. The van der Waals surface area contributed by atoms with Gasteiger partial charge in [0, 0.05) is 19.0 Å². The molecule has 0 saturated heterocycles. The smallest absolute Gasteiger partial charge is 0.345 e. The monoisotopic (exact) mass is 275 g/mol. The third-order valence-electron chi connectivity index (χ3n) is 2.74. The van der Waals surface area contributed by atoms with Crippen LogP contribution in [0.15, 0.2) is 29.3 Å². The first-order valence-corrected chi connectivity index (χ1v) is 6.08. The SMILES string of the molecule is Cn1cnn(Cc2ccc(F)cc2C#CCCO)c1=O. The molecule has 1 heterocycles. The van der Waals surface area contributed by atoms with Crippen molar-refractivity contribution in [2.45, 2.75) is 13.0 Å². The van der Waals surface area contributed by atoms with Gasteiger partial charge in [0.25, 0.3) is 0 Å². The molecule has 0 aliphatic carbocycles. The minimum Gasteiger partial charge on any atom is -0.395 e. The first-order chi connectivity index (χ1) is 9.61. The van der Waals surface area contributed by atoms with Gasteiger partial charge in [0.05, 0.1) is 13.2 Å². The normalized spacial score (nSPS) is 10.2. The Labute approximate surface area is 115 Å². The van der Waals surface area contributed by atoms with Gasteiger partial charge in [-0.3, -0.25) is 4.57 Å². The average Bonchev–Trinajstić information content (AvgIpc) is 2.74. The van der Waals surface area contributed by atoms with E-state index in [4.69, 9.17) is 5.11 Å². The van der Waals surface area contributed by atoms with Crippen LogP contribution < -0.4 is 5.69 Å². The second kappa shape index (κ2) is 6.17. The summed E-state index contributed by atoms with van der Waals surface area (Å²) >= 11 is 0. The molecule has 0 atom stereocenters. The summed E-state index contributed by atoms with van der Waals surface area (Å²) in [7, 11) is 1.61. The fourth-order valence-corrected chi connectivity index (χ4v) is 1.71. The molecule has 1 N–H and O–H groups in total. The Hall–Kier alpha value is -2.39. The molecule has 0 fully saturated rings. The lowest BCUT2D eigenvalue weighted by Gasteiger charge is -2.04. The van der Waals surface area contributed by atoms with E-state index < -0.39 is 5.82 Å². The molecular weight excluding hydrogens is 261 g/mol. The molecule has 6 heteroatoms. The number of rotatable bonds is 3. The molecule has 0 radical (unpaired) electrons. The van der Waals surface area contributed by atoms with Gasteiger partial charge in [-0.25, -0.2) is 13.9 Å². The van der Waals surface area contributed by atoms with Gasteiger partial charge in [-0.15, -0.1) is 0 Å². The Bertz CT molecular complexity index is 722. The lowest BCUT2D eigenvalue weighted by atomic mass is 10.1. The Morgan fingerprint density at radius 2 is 2.25 bits per heavy atom. The molecule has 0 bridgehead atoms. The second-order valence-electron chi connectivity index (χ2n) is 4.26. The van der Waals surface area contributed by atoms with Crippen molar-refractivity contribution >= 4 is 0 Å². The summed E-state index contributed by atoms with van der Waals surface area (Å²) in [5.74, 6) is 5.15. The fourth-order valence-electron chi connectivity index (χ4n) is 1.71. The van der Waals surface area contributed by atoms with E-state index in [1.807, 2.05) is 0 Å². The standard InChI is InChI=1S/C14H14FN3O2/c1-17-10-16-18(14(17)20)9-12-5-6-13(15)8-11(12)4-2-3-7-19/h5-6,8,10,19H,3,7,9H2,1H3. The molecule has 1 aromatic heterocycles. The van der Waals surface area contributed by atoms with Crippen molar-refractivity contribution < 1.29 is 9.50 Å². The number of nitrogens with zero attached hydrogens (tertiary/aromatic N) is 3. The molecule has 0 aliphatic heterocycles. The largest absolute Gasteiger partial charge is 0.395 e. The number of aliphatic hydroxyl groups excluding tert-OH is 1. The third-order valence-corrected chi connectivity index (χ3v) is 2.74. The van der Waals surface area contributed by atoms with Crippen LogP contribution >= 0.6 is 0 Å². The quantitative estimate of drug-likeness (QED) is 0.830. The maximum atomic E-state index is 13.3. The summed E-state index contributed by atoms with van der Waals surface area (Å²) in [4.78, 5) is 11.7. The van der Waals surface area contributed by atoms with Gasteiger partial charge in [0.1, 0.15) is 12.1 Å². The minimum atomic E-state index is -0.393. The number of hydrogen-bond acceptors (Lipinski definition) is 3. The van der Waals surface area contributed by atoms with Crippen LogP contribution in [0.3, 0.4) is 0 Å². The van der Waals surface area contributed by atoms with Gasteiger partial charge in [-0.2, -0.15) is 5.10 Å². The van der Waals surface area contributed by atoms with Crippen molar-refractivity contribution in [3.8, 4) is 11.8 Å². The number of hydrogen-bond donors (Lipinski definition) is 1. The molecule has 0 amide bonds. The highest BCUT2D eigenvalue weighted by atomic mass is 19.1. The van der Waals surface area contributed by atoms with Crippen LogP contribution in [0.5, 0.6) is 0 Å². The van der Waals surface area contributed by atoms with Crippen LogP contribution in [0, 0.1) is 17.7 Å². The maximum absolute atomic E-state index is 13.3. The minimum absolute atomic E-state index is 0.0443. The molecule has 0 saturated carbocycles. The topological polar surface area (TPSA) is 60.1 Å². The Morgan fingerprint density at radius 3 is 2.90 bits per heavy atom. The van der Waals surface area contributed by atoms with Crippen LogP contribution in [-0.4, -0.2) is 26.1 Å². The Balaban J connectivity index is 2.34. The van der Waals surface area contributed by atoms with Crippen LogP contribution in [0.25, 0.3) is 0 Å². The summed E-state index contributed by atoms with van der Waals surface area (Å²) in [6.07, 6.45) is 1.74. The van der Waals surface area contributed by atoms with Gasteiger partial charge in [-0.1, -0.05) is 17.9 Å². The van der Waals surface area contributed by atoms with Gasteiger partial charge in [0.15, 0.2) is 0 Å². The molecule has 104 valence electrons. The predicted molar refractivity (Wildman–Crippen MR) is 71.6 cm³/mol. The number of aromatic nitrogens is 3. The van der Waals surface area contributed by atoms with Crippen LogP contribution in [0.1, 0.15) is 17.5 Å². The van der Waals surface area contributed by atoms with Crippen LogP contribution in [0.2, 0.25) is 0 Å². The Kier molecular flexibility index (Phi) is 4.33. The van der Waals surface area contributed by atoms with E-state index in [9.17, 15) is 9.18 Å². The summed E-state index contributed by atoms with van der Waals surface area (Å²) in [6, 6.07) is 4.22. The predicted octanol–water partition coefficient (Wildman–Crippen LogP) is 0.503. The first kappa shape index (κ1) is 14.0. The summed E-state index contributed by atoms with van der Waals surface area (Å²) in [5, 5.41) is 12.7. The summed E-state index contributed by atoms with van der Waals surface area (Å²) in [6.45, 7) is 0.181. The van der Waals surface area contributed by atoms with E-state index in [2.05, 4.69) is 16.9 Å². The average molecular weight is 275 g/mol.